The van der Waals surface area contributed by atoms with Gasteiger partial charge in [0.2, 0.25) is 10.0 Å². The normalized spacial score (nSPS) is 15.0. The highest BCUT2D eigenvalue weighted by atomic mass is 32.2. The van der Waals surface area contributed by atoms with Crippen molar-refractivity contribution in [1.29, 1.82) is 0 Å². The lowest BCUT2D eigenvalue weighted by atomic mass is 9.89. The predicted octanol–water partition coefficient (Wildman–Crippen LogP) is 4.09. The summed E-state index contributed by atoms with van der Waals surface area (Å²) in [5.74, 6) is -0.545. The van der Waals surface area contributed by atoms with Gasteiger partial charge in [-0.25, -0.2) is 17.9 Å². The first-order valence-electron chi connectivity index (χ1n) is 9.68. The molecule has 0 heterocycles. The minimum absolute atomic E-state index is 0.0647. The topological polar surface area (TPSA) is 72.5 Å². The molecular weight excluding hydrogens is 374 g/mol. The zero-order valence-electron chi connectivity index (χ0n) is 16.6. The number of nitrogens with one attached hydrogen (secondary N) is 1. The molecule has 0 unspecified atom stereocenters. The first-order chi connectivity index (χ1) is 13.4. The Balaban J connectivity index is 1.89. The van der Waals surface area contributed by atoms with E-state index in [1.807, 2.05) is 13.0 Å². The molecule has 28 heavy (non-hydrogen) atoms. The van der Waals surface area contributed by atoms with E-state index >= 15 is 0 Å². The first kappa shape index (κ1) is 20.6. The lowest BCUT2D eigenvalue weighted by Crippen LogP contribution is -2.29. The van der Waals surface area contributed by atoms with Crippen LogP contribution in [0.4, 0.5) is 0 Å². The highest BCUT2D eigenvalue weighted by molar-refractivity contribution is 7.89. The Kier molecular flexibility index (Phi) is 6.20. The zero-order valence-corrected chi connectivity index (χ0v) is 17.4. The maximum absolute atomic E-state index is 13.0. The summed E-state index contributed by atoms with van der Waals surface area (Å²) in [7, 11) is -2.50. The van der Waals surface area contributed by atoms with Crippen molar-refractivity contribution in [3.63, 3.8) is 0 Å². The number of carbonyl (C=O) groups excluding carboxylic acids is 1. The van der Waals surface area contributed by atoms with Gasteiger partial charge < -0.3 is 4.74 Å². The molecule has 6 heteroatoms. The van der Waals surface area contributed by atoms with E-state index in [0.29, 0.717) is 12.0 Å². The van der Waals surface area contributed by atoms with Crippen LogP contribution >= 0.6 is 0 Å². The van der Waals surface area contributed by atoms with Gasteiger partial charge in [0.05, 0.1) is 17.6 Å². The van der Waals surface area contributed by atoms with Gasteiger partial charge >= 0.3 is 5.97 Å². The van der Waals surface area contributed by atoms with E-state index in [-0.39, 0.29) is 16.5 Å². The van der Waals surface area contributed by atoms with Crippen molar-refractivity contribution < 1.29 is 17.9 Å². The lowest BCUT2D eigenvalue weighted by Gasteiger charge is -2.22. The monoisotopic (exact) mass is 401 g/mol. The Morgan fingerprint density at radius 3 is 2.50 bits per heavy atom. The highest BCUT2D eigenvalue weighted by Gasteiger charge is 2.23. The van der Waals surface area contributed by atoms with Crippen LogP contribution in [0.25, 0.3) is 0 Å². The molecule has 0 fully saturated rings. The number of ether oxygens (including phenoxy) is 1. The largest absolute Gasteiger partial charge is 0.465 e. The SMILES string of the molecule is CC[C@H](NS(=O)(=O)c1ccc(C)c(C(=O)OC)c1)c1ccc2c(c1)CCCC2. The van der Waals surface area contributed by atoms with E-state index in [9.17, 15) is 13.2 Å². The van der Waals surface area contributed by atoms with Crippen LogP contribution in [0.2, 0.25) is 0 Å². The summed E-state index contributed by atoms with van der Waals surface area (Å²) in [4.78, 5) is 12.0. The number of hydrogen-bond donors (Lipinski definition) is 1. The molecule has 2 aromatic rings. The third kappa shape index (κ3) is 4.28. The molecule has 1 aliphatic rings. The third-order valence-corrected chi connectivity index (χ3v) is 6.87. The average Bonchev–Trinajstić information content (AvgIpc) is 2.71. The first-order valence-corrected chi connectivity index (χ1v) is 11.2. The molecule has 0 aliphatic heterocycles. The van der Waals surface area contributed by atoms with Gasteiger partial charge in [-0.05, 0) is 73.4 Å². The van der Waals surface area contributed by atoms with Crippen molar-refractivity contribution in [2.75, 3.05) is 7.11 Å². The molecule has 0 spiro atoms. The minimum Gasteiger partial charge on any atom is -0.465 e. The van der Waals surface area contributed by atoms with Gasteiger partial charge in [-0.3, -0.25) is 0 Å². The van der Waals surface area contributed by atoms with Crippen molar-refractivity contribution in [3.05, 3.63) is 64.2 Å². The van der Waals surface area contributed by atoms with E-state index in [2.05, 4.69) is 16.9 Å². The standard InChI is InChI=1S/C22H27NO4S/c1-4-21(18-11-10-16-7-5-6-8-17(16)13-18)23-28(25,26)19-12-9-15(2)20(14-19)22(24)27-3/h9-14,21,23H,4-8H2,1-3H3/t21-/m0/s1. The fourth-order valence-corrected chi connectivity index (χ4v) is 5.04. The Bertz CT molecular complexity index is 982. The van der Waals surface area contributed by atoms with E-state index in [1.54, 1.807) is 13.0 Å². The van der Waals surface area contributed by atoms with Crippen LogP contribution in [0.5, 0.6) is 0 Å². The molecule has 150 valence electrons. The van der Waals surface area contributed by atoms with Gasteiger partial charge in [-0.15, -0.1) is 0 Å². The molecule has 3 rings (SSSR count). The van der Waals surface area contributed by atoms with Crippen molar-refractivity contribution in [2.24, 2.45) is 0 Å². The van der Waals surface area contributed by atoms with Crippen LogP contribution in [0.1, 0.15) is 64.8 Å². The molecule has 0 radical (unpaired) electrons. The average molecular weight is 402 g/mol. The Labute approximate surface area is 167 Å². The second-order valence-corrected chi connectivity index (χ2v) is 9.00. The maximum Gasteiger partial charge on any atom is 0.338 e. The Morgan fingerprint density at radius 1 is 1.11 bits per heavy atom. The summed E-state index contributed by atoms with van der Waals surface area (Å²) < 4.78 is 33.5. The number of rotatable bonds is 6. The Morgan fingerprint density at radius 2 is 1.82 bits per heavy atom. The molecule has 0 aromatic heterocycles. The smallest absolute Gasteiger partial charge is 0.338 e. The number of sulfonamides is 1. The van der Waals surface area contributed by atoms with Crippen LogP contribution in [0.15, 0.2) is 41.3 Å². The molecule has 0 bridgehead atoms. The lowest BCUT2D eigenvalue weighted by molar-refractivity contribution is 0.0599. The van der Waals surface area contributed by atoms with E-state index in [1.165, 1.54) is 43.2 Å². The second-order valence-electron chi connectivity index (χ2n) is 7.29. The number of benzene rings is 2. The maximum atomic E-state index is 13.0. The van der Waals surface area contributed by atoms with Crippen molar-refractivity contribution in [1.82, 2.24) is 4.72 Å². The van der Waals surface area contributed by atoms with Gasteiger partial charge in [0.1, 0.15) is 0 Å². The van der Waals surface area contributed by atoms with E-state index in [4.69, 9.17) is 4.74 Å². The van der Waals surface area contributed by atoms with Crippen LogP contribution in [-0.4, -0.2) is 21.5 Å². The Hall–Kier alpha value is -2.18. The second kappa shape index (κ2) is 8.45. The minimum atomic E-state index is -3.78. The van der Waals surface area contributed by atoms with Gasteiger partial charge in [0, 0.05) is 6.04 Å². The third-order valence-electron chi connectivity index (χ3n) is 5.41. The summed E-state index contributed by atoms with van der Waals surface area (Å²) in [5, 5.41) is 0. The number of carbonyl (C=O) groups is 1. The van der Waals surface area contributed by atoms with Gasteiger partial charge in [-0.2, -0.15) is 0 Å². The fraction of sp³-hybridized carbons (Fsp3) is 0.409. The van der Waals surface area contributed by atoms with Gasteiger partial charge in [0.25, 0.3) is 0 Å². The van der Waals surface area contributed by atoms with Gasteiger partial charge in [-0.1, -0.05) is 31.2 Å². The number of methoxy groups -OCH3 is 1. The summed E-state index contributed by atoms with van der Waals surface area (Å²) in [6.07, 6.45) is 5.17. The molecule has 1 aliphatic carbocycles. The summed E-state index contributed by atoms with van der Waals surface area (Å²) in [6.45, 7) is 3.71. The molecule has 5 nitrogen and oxygen atoms in total. The summed E-state index contributed by atoms with van der Waals surface area (Å²) in [5.41, 5.74) is 4.60. The van der Waals surface area contributed by atoms with Crippen LogP contribution in [-0.2, 0) is 27.6 Å². The van der Waals surface area contributed by atoms with Crippen molar-refractivity contribution >= 4 is 16.0 Å². The molecular formula is C22H27NO4S. The van der Waals surface area contributed by atoms with Crippen LogP contribution in [0, 0.1) is 6.92 Å². The number of hydrogen-bond acceptors (Lipinski definition) is 4. The van der Waals surface area contributed by atoms with E-state index < -0.39 is 16.0 Å². The molecule has 0 saturated carbocycles. The van der Waals surface area contributed by atoms with Gasteiger partial charge in [0.15, 0.2) is 0 Å². The predicted molar refractivity (Wildman–Crippen MR) is 109 cm³/mol. The summed E-state index contributed by atoms with van der Waals surface area (Å²) >= 11 is 0. The molecule has 2 aromatic carbocycles. The van der Waals surface area contributed by atoms with Crippen LogP contribution in [0.3, 0.4) is 0 Å². The van der Waals surface area contributed by atoms with Crippen molar-refractivity contribution in [2.45, 2.75) is 56.9 Å². The number of esters is 1. The zero-order chi connectivity index (χ0) is 20.3. The van der Waals surface area contributed by atoms with Crippen molar-refractivity contribution in [3.8, 4) is 0 Å². The highest BCUT2D eigenvalue weighted by Crippen LogP contribution is 2.27. The molecule has 0 saturated heterocycles. The quantitative estimate of drug-likeness (QED) is 0.740. The van der Waals surface area contributed by atoms with E-state index in [0.717, 1.165) is 18.4 Å². The molecule has 1 atom stereocenters. The fourth-order valence-electron chi connectivity index (χ4n) is 3.71. The number of fused-ring (bicyclic) bond motifs is 1. The number of aryl methyl sites for hydroxylation is 3. The van der Waals surface area contributed by atoms with Crippen LogP contribution < -0.4 is 4.72 Å². The summed E-state index contributed by atoms with van der Waals surface area (Å²) in [6, 6.07) is 10.5. The molecule has 0 amide bonds. The molecule has 1 N–H and O–H groups in total.